The van der Waals surface area contributed by atoms with Gasteiger partial charge in [0, 0.05) is 16.8 Å². The number of hydrogen-bond acceptors (Lipinski definition) is 3. The summed E-state index contributed by atoms with van der Waals surface area (Å²) in [5.41, 5.74) is 7.58. The molecule has 4 nitrogen and oxygen atoms in total. The highest BCUT2D eigenvalue weighted by Gasteiger charge is 2.11. The number of hydrogen-bond donors (Lipinski definition) is 1. The molecule has 2 heterocycles. The molecule has 100 valence electrons. The van der Waals surface area contributed by atoms with Crippen LogP contribution in [-0.4, -0.2) is 14.5 Å². The minimum absolute atomic E-state index is 0.348. The Morgan fingerprint density at radius 3 is 2.80 bits per heavy atom. The van der Waals surface area contributed by atoms with Crippen LogP contribution in [0.15, 0.2) is 49.1 Å². The van der Waals surface area contributed by atoms with Crippen LogP contribution < -0.4 is 5.73 Å². The van der Waals surface area contributed by atoms with E-state index in [2.05, 4.69) is 9.97 Å². The van der Waals surface area contributed by atoms with Gasteiger partial charge in [0.05, 0.1) is 23.9 Å². The van der Waals surface area contributed by atoms with Crippen LogP contribution in [0.3, 0.4) is 0 Å². The van der Waals surface area contributed by atoms with Gasteiger partial charge in [-0.05, 0) is 30.3 Å². The molecule has 0 spiro atoms. The van der Waals surface area contributed by atoms with Crippen molar-refractivity contribution in [2.75, 3.05) is 5.73 Å². The van der Waals surface area contributed by atoms with Gasteiger partial charge in [0.1, 0.15) is 11.6 Å². The number of nitrogen functional groups attached to an aromatic ring is 1. The third-order valence-corrected chi connectivity index (χ3v) is 3.12. The Hall–Kier alpha value is -2.40. The zero-order valence-electron chi connectivity index (χ0n) is 10.3. The Morgan fingerprint density at radius 1 is 1.20 bits per heavy atom. The average molecular weight is 289 g/mol. The van der Waals surface area contributed by atoms with E-state index in [0.717, 1.165) is 11.3 Å². The van der Waals surface area contributed by atoms with Crippen molar-refractivity contribution in [1.29, 1.82) is 0 Å². The van der Waals surface area contributed by atoms with E-state index in [1.54, 1.807) is 41.2 Å². The fourth-order valence-electron chi connectivity index (χ4n) is 1.98. The van der Waals surface area contributed by atoms with Crippen molar-refractivity contribution in [2.45, 2.75) is 0 Å². The molecule has 0 saturated carbocycles. The number of anilines is 1. The first-order chi connectivity index (χ1) is 9.65. The molecule has 2 aromatic heterocycles. The molecule has 0 unspecified atom stereocenters. The van der Waals surface area contributed by atoms with Gasteiger partial charge in [0.15, 0.2) is 0 Å². The predicted molar refractivity (Wildman–Crippen MR) is 76.2 cm³/mol. The lowest BCUT2D eigenvalue weighted by Crippen LogP contribution is -1.99. The number of rotatable bonds is 2. The molecule has 2 N–H and O–H groups in total. The van der Waals surface area contributed by atoms with Crippen molar-refractivity contribution < 1.29 is 4.39 Å². The smallest absolute Gasteiger partial charge is 0.148 e. The van der Waals surface area contributed by atoms with E-state index in [-0.39, 0.29) is 0 Å². The second-order valence-electron chi connectivity index (χ2n) is 4.21. The highest BCUT2D eigenvalue weighted by Crippen LogP contribution is 2.26. The fraction of sp³-hybridized carbons (Fsp3) is 0. The lowest BCUT2D eigenvalue weighted by atomic mass is 10.2. The summed E-state index contributed by atoms with van der Waals surface area (Å²) in [6.07, 6.45) is 4.78. The fourth-order valence-corrected chi connectivity index (χ4v) is 2.14. The van der Waals surface area contributed by atoms with Gasteiger partial charge in [0.25, 0.3) is 0 Å². The lowest BCUT2D eigenvalue weighted by Gasteiger charge is -2.09. The largest absolute Gasteiger partial charge is 0.384 e. The normalized spacial score (nSPS) is 10.7. The van der Waals surface area contributed by atoms with Crippen LogP contribution in [0.1, 0.15) is 0 Å². The Bertz CT molecular complexity index is 769. The van der Waals surface area contributed by atoms with Crippen LogP contribution in [0.25, 0.3) is 16.9 Å². The van der Waals surface area contributed by atoms with Gasteiger partial charge in [-0.25, -0.2) is 14.4 Å². The summed E-state index contributed by atoms with van der Waals surface area (Å²) in [5, 5.41) is 0.348. The van der Waals surface area contributed by atoms with Crippen LogP contribution in [0, 0.1) is 5.82 Å². The maximum Gasteiger partial charge on any atom is 0.148 e. The molecule has 0 atom stereocenters. The number of pyridine rings is 1. The number of nitrogens with two attached hydrogens (primary N) is 1. The van der Waals surface area contributed by atoms with Crippen molar-refractivity contribution >= 4 is 17.4 Å². The first kappa shape index (κ1) is 12.6. The molecule has 3 rings (SSSR count). The summed E-state index contributed by atoms with van der Waals surface area (Å²) in [7, 11) is 0. The van der Waals surface area contributed by atoms with Gasteiger partial charge in [-0.15, -0.1) is 0 Å². The highest BCUT2D eigenvalue weighted by molar-refractivity contribution is 6.30. The molecule has 0 aliphatic heterocycles. The van der Waals surface area contributed by atoms with E-state index in [0.29, 0.717) is 16.5 Å². The molecule has 0 aliphatic rings. The zero-order chi connectivity index (χ0) is 14.1. The van der Waals surface area contributed by atoms with Crippen LogP contribution in [0.4, 0.5) is 10.2 Å². The van der Waals surface area contributed by atoms with Gasteiger partial charge in [-0.3, -0.25) is 4.57 Å². The number of imidazole rings is 1. The van der Waals surface area contributed by atoms with Gasteiger partial charge in [-0.1, -0.05) is 11.6 Å². The van der Waals surface area contributed by atoms with Gasteiger partial charge >= 0.3 is 0 Å². The van der Waals surface area contributed by atoms with Gasteiger partial charge in [-0.2, -0.15) is 0 Å². The first-order valence-electron chi connectivity index (χ1n) is 5.85. The zero-order valence-corrected chi connectivity index (χ0v) is 11.0. The third-order valence-electron chi connectivity index (χ3n) is 2.88. The molecule has 0 amide bonds. The quantitative estimate of drug-likeness (QED) is 0.787. The third kappa shape index (κ3) is 2.23. The second kappa shape index (κ2) is 4.94. The Morgan fingerprint density at radius 2 is 2.05 bits per heavy atom. The standard InChI is InChI=1S/C14H10ClFN4/c15-10-1-2-12(11(16)6-10)20-8-18-7-13(20)9-3-4-19-14(17)5-9/h1-8H,(H2,17,19). The van der Waals surface area contributed by atoms with Crippen molar-refractivity contribution in [3.8, 4) is 16.9 Å². The topological polar surface area (TPSA) is 56.7 Å². The van der Waals surface area contributed by atoms with Crippen LogP contribution in [-0.2, 0) is 0 Å². The molecule has 1 aromatic carbocycles. The van der Waals surface area contributed by atoms with Crippen molar-refractivity contribution in [1.82, 2.24) is 14.5 Å². The number of nitrogens with zero attached hydrogens (tertiary/aromatic N) is 3. The first-order valence-corrected chi connectivity index (χ1v) is 6.22. The summed E-state index contributed by atoms with van der Waals surface area (Å²) in [4.78, 5) is 8.01. The van der Waals surface area contributed by atoms with Gasteiger partial charge < -0.3 is 5.73 Å². The summed E-state index contributed by atoms with van der Waals surface area (Å²) >= 11 is 5.77. The molecule has 0 bridgehead atoms. The summed E-state index contributed by atoms with van der Waals surface area (Å²) < 4.78 is 15.7. The minimum Gasteiger partial charge on any atom is -0.384 e. The number of halogens is 2. The number of aromatic nitrogens is 3. The molecular weight excluding hydrogens is 279 g/mol. The molecule has 0 radical (unpaired) electrons. The monoisotopic (exact) mass is 288 g/mol. The summed E-state index contributed by atoms with van der Waals surface area (Å²) in [6.45, 7) is 0. The van der Waals surface area contributed by atoms with E-state index in [1.807, 2.05) is 0 Å². The molecule has 3 aromatic rings. The van der Waals surface area contributed by atoms with E-state index >= 15 is 0 Å². The molecule has 20 heavy (non-hydrogen) atoms. The second-order valence-corrected chi connectivity index (χ2v) is 4.65. The Kier molecular flexibility index (Phi) is 3.12. The Balaban J connectivity index is 2.15. The van der Waals surface area contributed by atoms with Crippen LogP contribution >= 0.6 is 11.6 Å². The van der Waals surface area contributed by atoms with Crippen molar-refractivity contribution in [2.24, 2.45) is 0 Å². The maximum atomic E-state index is 14.0. The summed E-state index contributed by atoms with van der Waals surface area (Å²) in [6, 6.07) is 8.00. The van der Waals surface area contributed by atoms with E-state index < -0.39 is 5.82 Å². The van der Waals surface area contributed by atoms with Crippen molar-refractivity contribution in [3.63, 3.8) is 0 Å². The molecular formula is C14H10ClFN4. The highest BCUT2D eigenvalue weighted by atomic mass is 35.5. The molecule has 0 saturated heterocycles. The average Bonchev–Trinajstić information content (AvgIpc) is 2.87. The summed E-state index contributed by atoms with van der Waals surface area (Å²) in [5.74, 6) is -0.0226. The SMILES string of the molecule is Nc1cc(-c2cncn2-c2ccc(Cl)cc2F)ccn1. The Labute approximate surface area is 119 Å². The molecule has 0 fully saturated rings. The molecule has 0 aliphatic carbocycles. The predicted octanol–water partition coefficient (Wildman–Crippen LogP) is 3.31. The lowest BCUT2D eigenvalue weighted by molar-refractivity contribution is 0.618. The minimum atomic E-state index is -0.418. The van der Waals surface area contributed by atoms with E-state index in [9.17, 15) is 4.39 Å². The maximum absolute atomic E-state index is 14.0. The number of benzene rings is 1. The van der Waals surface area contributed by atoms with E-state index in [4.69, 9.17) is 17.3 Å². The van der Waals surface area contributed by atoms with Crippen LogP contribution in [0.2, 0.25) is 5.02 Å². The van der Waals surface area contributed by atoms with Crippen LogP contribution in [0.5, 0.6) is 0 Å². The van der Waals surface area contributed by atoms with Gasteiger partial charge in [0.2, 0.25) is 0 Å². The van der Waals surface area contributed by atoms with E-state index in [1.165, 1.54) is 12.4 Å². The van der Waals surface area contributed by atoms with Crippen molar-refractivity contribution in [3.05, 3.63) is 59.9 Å². The molecule has 6 heteroatoms.